The van der Waals surface area contributed by atoms with E-state index in [9.17, 15) is 9.59 Å². The summed E-state index contributed by atoms with van der Waals surface area (Å²) < 4.78 is 1.03. The SMILES string of the molecule is CCC(NC(=O)C1CCC(=O)NC1)c1ccc(Br)cc1. The van der Waals surface area contributed by atoms with Gasteiger partial charge in [0.15, 0.2) is 0 Å². The largest absolute Gasteiger partial charge is 0.355 e. The number of rotatable bonds is 4. The van der Waals surface area contributed by atoms with Crippen LogP contribution in [-0.2, 0) is 9.59 Å². The van der Waals surface area contributed by atoms with Gasteiger partial charge in [0.1, 0.15) is 0 Å². The van der Waals surface area contributed by atoms with Crippen molar-refractivity contribution in [1.29, 1.82) is 0 Å². The maximum absolute atomic E-state index is 12.2. The molecule has 1 heterocycles. The summed E-state index contributed by atoms with van der Waals surface area (Å²) in [6.07, 6.45) is 1.91. The molecule has 2 atom stereocenters. The van der Waals surface area contributed by atoms with Crippen LogP contribution in [0.3, 0.4) is 0 Å². The van der Waals surface area contributed by atoms with E-state index >= 15 is 0 Å². The first-order chi connectivity index (χ1) is 9.60. The van der Waals surface area contributed by atoms with Gasteiger partial charge in [-0.15, -0.1) is 0 Å². The van der Waals surface area contributed by atoms with Crippen molar-refractivity contribution >= 4 is 27.7 Å². The van der Waals surface area contributed by atoms with Gasteiger partial charge in [-0.3, -0.25) is 9.59 Å². The summed E-state index contributed by atoms with van der Waals surface area (Å²) in [4.78, 5) is 23.4. The van der Waals surface area contributed by atoms with E-state index in [1.54, 1.807) is 0 Å². The van der Waals surface area contributed by atoms with Gasteiger partial charge >= 0.3 is 0 Å². The molecule has 0 spiro atoms. The average Bonchev–Trinajstić information content (AvgIpc) is 2.46. The summed E-state index contributed by atoms with van der Waals surface area (Å²) in [6.45, 7) is 2.50. The molecule has 0 saturated carbocycles. The summed E-state index contributed by atoms with van der Waals surface area (Å²) in [6, 6.07) is 8.01. The highest BCUT2D eigenvalue weighted by Crippen LogP contribution is 2.21. The summed E-state index contributed by atoms with van der Waals surface area (Å²) >= 11 is 3.41. The fourth-order valence-corrected chi connectivity index (χ4v) is 2.63. The third-order valence-corrected chi connectivity index (χ3v) is 4.16. The molecule has 2 rings (SSSR count). The van der Waals surface area contributed by atoms with E-state index in [1.165, 1.54) is 0 Å². The minimum atomic E-state index is -0.114. The molecule has 4 nitrogen and oxygen atoms in total. The van der Waals surface area contributed by atoms with Crippen molar-refractivity contribution in [2.45, 2.75) is 32.2 Å². The van der Waals surface area contributed by atoms with E-state index < -0.39 is 0 Å². The fraction of sp³-hybridized carbons (Fsp3) is 0.467. The third-order valence-electron chi connectivity index (χ3n) is 3.63. The average molecular weight is 339 g/mol. The summed E-state index contributed by atoms with van der Waals surface area (Å²) in [7, 11) is 0. The van der Waals surface area contributed by atoms with E-state index in [2.05, 4.69) is 33.5 Å². The van der Waals surface area contributed by atoms with Crippen LogP contribution in [0.4, 0.5) is 0 Å². The Kier molecular flexibility index (Phi) is 5.17. The minimum absolute atomic E-state index is 0.0215. The van der Waals surface area contributed by atoms with Crippen LogP contribution in [0.25, 0.3) is 0 Å². The van der Waals surface area contributed by atoms with Crippen LogP contribution < -0.4 is 10.6 Å². The van der Waals surface area contributed by atoms with Gasteiger partial charge in [-0.05, 0) is 30.5 Å². The zero-order valence-electron chi connectivity index (χ0n) is 11.5. The van der Waals surface area contributed by atoms with Gasteiger partial charge in [-0.25, -0.2) is 0 Å². The molecule has 2 unspecified atom stereocenters. The Hall–Kier alpha value is -1.36. The number of piperidine rings is 1. The van der Waals surface area contributed by atoms with Crippen LogP contribution in [0.2, 0.25) is 0 Å². The number of amides is 2. The number of hydrogen-bond acceptors (Lipinski definition) is 2. The topological polar surface area (TPSA) is 58.2 Å². The molecule has 108 valence electrons. The number of nitrogens with one attached hydrogen (secondary N) is 2. The molecule has 0 radical (unpaired) electrons. The van der Waals surface area contributed by atoms with Crippen LogP contribution in [-0.4, -0.2) is 18.4 Å². The van der Waals surface area contributed by atoms with Crippen molar-refractivity contribution in [3.63, 3.8) is 0 Å². The van der Waals surface area contributed by atoms with Gasteiger partial charge in [-0.2, -0.15) is 0 Å². The quantitative estimate of drug-likeness (QED) is 0.886. The summed E-state index contributed by atoms with van der Waals surface area (Å²) in [5.41, 5.74) is 1.10. The van der Waals surface area contributed by atoms with E-state index in [0.29, 0.717) is 19.4 Å². The monoisotopic (exact) mass is 338 g/mol. The van der Waals surface area contributed by atoms with Crippen molar-refractivity contribution in [2.24, 2.45) is 5.92 Å². The highest BCUT2D eigenvalue weighted by Gasteiger charge is 2.26. The van der Waals surface area contributed by atoms with Crippen molar-refractivity contribution in [1.82, 2.24) is 10.6 Å². The first-order valence-electron chi connectivity index (χ1n) is 6.92. The first kappa shape index (κ1) is 15.0. The molecule has 2 amide bonds. The second-order valence-corrected chi connectivity index (χ2v) is 5.98. The van der Waals surface area contributed by atoms with Crippen LogP contribution in [0.1, 0.15) is 37.8 Å². The third kappa shape index (κ3) is 3.82. The molecular formula is C15H19BrN2O2. The second kappa shape index (κ2) is 6.88. The molecule has 0 aliphatic carbocycles. The minimum Gasteiger partial charge on any atom is -0.355 e. The van der Waals surface area contributed by atoms with Crippen LogP contribution in [0.5, 0.6) is 0 Å². The van der Waals surface area contributed by atoms with Crippen molar-refractivity contribution in [2.75, 3.05) is 6.54 Å². The van der Waals surface area contributed by atoms with Crippen LogP contribution >= 0.6 is 15.9 Å². The van der Waals surface area contributed by atoms with E-state index in [4.69, 9.17) is 0 Å². The van der Waals surface area contributed by atoms with Gasteiger partial charge in [0.05, 0.1) is 12.0 Å². The molecule has 0 aromatic heterocycles. The number of hydrogen-bond donors (Lipinski definition) is 2. The predicted molar refractivity (Wildman–Crippen MR) is 81.1 cm³/mol. The zero-order chi connectivity index (χ0) is 14.5. The standard InChI is InChI=1S/C15H19BrN2O2/c1-2-13(10-3-6-12(16)7-4-10)18-15(20)11-5-8-14(19)17-9-11/h3-4,6-7,11,13H,2,5,8-9H2,1H3,(H,17,19)(H,18,20). The summed E-state index contributed by atoms with van der Waals surface area (Å²) in [5.74, 6) is -0.0500. The molecule has 1 fully saturated rings. The molecule has 2 N–H and O–H groups in total. The van der Waals surface area contributed by atoms with Gasteiger partial charge in [0.25, 0.3) is 0 Å². The molecule has 1 aliphatic rings. The maximum Gasteiger partial charge on any atom is 0.225 e. The Morgan fingerprint density at radius 1 is 1.45 bits per heavy atom. The fourth-order valence-electron chi connectivity index (χ4n) is 2.36. The highest BCUT2D eigenvalue weighted by molar-refractivity contribution is 9.10. The van der Waals surface area contributed by atoms with E-state index in [0.717, 1.165) is 16.5 Å². The second-order valence-electron chi connectivity index (χ2n) is 5.06. The Morgan fingerprint density at radius 2 is 2.15 bits per heavy atom. The first-order valence-corrected chi connectivity index (χ1v) is 7.72. The lowest BCUT2D eigenvalue weighted by atomic mass is 9.97. The molecule has 1 aliphatic heterocycles. The molecule has 1 aromatic rings. The maximum atomic E-state index is 12.2. The molecular weight excluding hydrogens is 320 g/mol. The van der Waals surface area contributed by atoms with Gasteiger partial charge in [0.2, 0.25) is 11.8 Å². The lowest BCUT2D eigenvalue weighted by molar-refractivity contribution is -0.129. The molecule has 1 aromatic carbocycles. The van der Waals surface area contributed by atoms with E-state index in [-0.39, 0.29) is 23.8 Å². The Balaban J connectivity index is 1.97. The highest BCUT2D eigenvalue weighted by atomic mass is 79.9. The molecule has 5 heteroatoms. The normalized spacial score (nSPS) is 20.1. The van der Waals surface area contributed by atoms with Gasteiger partial charge in [0, 0.05) is 17.4 Å². The number of carbonyl (C=O) groups excluding carboxylic acids is 2. The van der Waals surface area contributed by atoms with Crippen LogP contribution in [0.15, 0.2) is 28.7 Å². The number of benzene rings is 1. The lowest BCUT2D eigenvalue weighted by Gasteiger charge is -2.25. The molecule has 0 bridgehead atoms. The Bertz CT molecular complexity index is 477. The lowest BCUT2D eigenvalue weighted by Crippen LogP contribution is -2.43. The zero-order valence-corrected chi connectivity index (χ0v) is 13.1. The van der Waals surface area contributed by atoms with Crippen molar-refractivity contribution in [3.8, 4) is 0 Å². The smallest absolute Gasteiger partial charge is 0.225 e. The van der Waals surface area contributed by atoms with Crippen molar-refractivity contribution < 1.29 is 9.59 Å². The van der Waals surface area contributed by atoms with E-state index in [1.807, 2.05) is 24.3 Å². The van der Waals surface area contributed by atoms with Crippen molar-refractivity contribution in [3.05, 3.63) is 34.3 Å². The number of halogens is 1. The Morgan fingerprint density at radius 3 is 2.70 bits per heavy atom. The van der Waals surface area contributed by atoms with Crippen LogP contribution in [0, 0.1) is 5.92 Å². The summed E-state index contributed by atoms with van der Waals surface area (Å²) in [5, 5.41) is 5.83. The number of carbonyl (C=O) groups is 2. The van der Waals surface area contributed by atoms with Gasteiger partial charge < -0.3 is 10.6 Å². The predicted octanol–water partition coefficient (Wildman–Crippen LogP) is 2.54. The van der Waals surface area contributed by atoms with Gasteiger partial charge in [-0.1, -0.05) is 35.0 Å². The Labute approximate surface area is 127 Å². The molecule has 1 saturated heterocycles. The molecule has 20 heavy (non-hydrogen) atoms.